The molecule has 0 aliphatic heterocycles. The van der Waals surface area contributed by atoms with Crippen molar-refractivity contribution in [2.45, 2.75) is 19.8 Å². The van der Waals surface area contributed by atoms with Crippen molar-refractivity contribution in [3.8, 4) is 12.3 Å². The molecule has 1 heterocycles. The van der Waals surface area contributed by atoms with E-state index < -0.39 is 0 Å². The summed E-state index contributed by atoms with van der Waals surface area (Å²) in [6.07, 6.45) is 7.45. The highest BCUT2D eigenvalue weighted by atomic mass is 16.2. The van der Waals surface area contributed by atoms with Gasteiger partial charge in [-0.25, -0.2) is 0 Å². The second-order valence-corrected chi connectivity index (χ2v) is 4.08. The average molecular weight is 239 g/mol. The number of rotatable bonds is 3. The Morgan fingerprint density at radius 3 is 2.72 bits per heavy atom. The summed E-state index contributed by atoms with van der Waals surface area (Å²) in [5, 5.41) is 0.805. The number of fused-ring (bicyclic) bond motifs is 1. The Labute approximate surface area is 105 Å². The second-order valence-electron chi connectivity index (χ2n) is 4.08. The summed E-state index contributed by atoms with van der Waals surface area (Å²) in [7, 11) is 0. The fourth-order valence-corrected chi connectivity index (χ4v) is 1.97. The minimum Gasteiger partial charge on any atom is -0.294 e. The second kappa shape index (κ2) is 4.89. The summed E-state index contributed by atoms with van der Waals surface area (Å²) in [5.41, 5.74) is 1.32. The first-order chi connectivity index (χ1) is 8.65. The predicted molar refractivity (Wildman–Crippen MR) is 70.6 cm³/mol. The van der Waals surface area contributed by atoms with Gasteiger partial charge in [-0.3, -0.25) is 14.2 Å². The zero-order chi connectivity index (χ0) is 13.1. The van der Waals surface area contributed by atoms with E-state index in [4.69, 9.17) is 6.42 Å². The molecule has 18 heavy (non-hydrogen) atoms. The lowest BCUT2D eigenvalue weighted by molar-refractivity contribution is 0.0910. The van der Waals surface area contributed by atoms with Gasteiger partial charge in [0.15, 0.2) is 5.78 Å². The third kappa shape index (κ3) is 2.05. The molecule has 0 saturated carbocycles. The first kappa shape index (κ1) is 12.1. The highest BCUT2D eigenvalue weighted by Gasteiger charge is 2.14. The molecule has 90 valence electrons. The molecule has 2 aromatic rings. The van der Waals surface area contributed by atoms with Gasteiger partial charge in [0.2, 0.25) is 5.91 Å². The van der Waals surface area contributed by atoms with Crippen molar-refractivity contribution >= 4 is 22.6 Å². The summed E-state index contributed by atoms with van der Waals surface area (Å²) in [4.78, 5) is 23.6. The van der Waals surface area contributed by atoms with E-state index in [9.17, 15) is 9.59 Å². The summed E-state index contributed by atoms with van der Waals surface area (Å²) in [5.74, 6) is 2.31. The van der Waals surface area contributed by atoms with Crippen molar-refractivity contribution in [1.29, 1.82) is 0 Å². The maximum absolute atomic E-state index is 12.0. The number of ketones is 1. The molecule has 0 radical (unpaired) electrons. The monoisotopic (exact) mass is 239 g/mol. The van der Waals surface area contributed by atoms with Crippen LogP contribution in [0.2, 0.25) is 0 Å². The number of nitrogens with zero attached hydrogens (tertiary/aromatic N) is 1. The topological polar surface area (TPSA) is 39.1 Å². The van der Waals surface area contributed by atoms with Crippen LogP contribution in [-0.4, -0.2) is 16.3 Å². The molecule has 0 unspecified atom stereocenters. The minimum absolute atomic E-state index is 0.0466. The molecule has 0 atom stereocenters. The van der Waals surface area contributed by atoms with Crippen molar-refractivity contribution in [2.24, 2.45) is 0 Å². The number of para-hydroxylation sites is 1. The number of carbonyl (C=O) groups is 2. The lowest BCUT2D eigenvalue weighted by Gasteiger charge is -2.01. The van der Waals surface area contributed by atoms with Gasteiger partial charge in [-0.05, 0) is 13.0 Å². The highest BCUT2D eigenvalue weighted by molar-refractivity contribution is 6.09. The van der Waals surface area contributed by atoms with Crippen LogP contribution in [0.15, 0.2) is 30.5 Å². The van der Waals surface area contributed by atoms with Crippen LogP contribution < -0.4 is 0 Å². The van der Waals surface area contributed by atoms with Gasteiger partial charge < -0.3 is 0 Å². The first-order valence-electron chi connectivity index (χ1n) is 5.73. The van der Waals surface area contributed by atoms with Gasteiger partial charge >= 0.3 is 0 Å². The Bertz CT molecular complexity index is 659. The van der Waals surface area contributed by atoms with Crippen LogP contribution in [0.3, 0.4) is 0 Å². The Morgan fingerprint density at radius 2 is 2.06 bits per heavy atom. The summed E-state index contributed by atoms with van der Waals surface area (Å²) in [6, 6.07) is 7.37. The number of terminal acetylenes is 1. The van der Waals surface area contributed by atoms with E-state index in [0.717, 1.165) is 10.9 Å². The molecular formula is C15H13NO2. The maximum Gasteiger partial charge on any atom is 0.232 e. The third-order valence-electron chi connectivity index (χ3n) is 2.84. The Hall–Kier alpha value is -2.34. The van der Waals surface area contributed by atoms with Gasteiger partial charge in [-0.1, -0.05) is 18.2 Å². The Morgan fingerprint density at radius 1 is 1.33 bits per heavy atom. The van der Waals surface area contributed by atoms with Crippen LogP contribution in [0.4, 0.5) is 0 Å². The smallest absolute Gasteiger partial charge is 0.232 e. The molecule has 0 spiro atoms. The normalized spacial score (nSPS) is 10.2. The molecular weight excluding hydrogens is 226 g/mol. The van der Waals surface area contributed by atoms with E-state index in [1.807, 2.05) is 24.3 Å². The molecule has 1 aromatic carbocycles. The zero-order valence-corrected chi connectivity index (χ0v) is 10.1. The molecule has 0 N–H and O–H groups in total. The van der Waals surface area contributed by atoms with E-state index >= 15 is 0 Å². The molecule has 0 amide bonds. The van der Waals surface area contributed by atoms with Crippen molar-refractivity contribution < 1.29 is 9.59 Å². The van der Waals surface area contributed by atoms with Crippen LogP contribution in [0.25, 0.3) is 10.9 Å². The molecule has 3 nitrogen and oxygen atoms in total. The van der Waals surface area contributed by atoms with Crippen LogP contribution in [0.5, 0.6) is 0 Å². The van der Waals surface area contributed by atoms with Crippen LogP contribution in [-0.2, 0) is 0 Å². The van der Waals surface area contributed by atoms with Crippen molar-refractivity contribution in [3.05, 3.63) is 36.0 Å². The lowest BCUT2D eigenvalue weighted by Crippen LogP contribution is -2.08. The molecule has 3 heteroatoms. The predicted octanol–water partition coefficient (Wildman–Crippen LogP) is 2.90. The largest absolute Gasteiger partial charge is 0.294 e. The van der Waals surface area contributed by atoms with Crippen LogP contribution in [0.1, 0.15) is 34.9 Å². The molecule has 0 aliphatic carbocycles. The molecule has 2 rings (SSSR count). The molecule has 0 bridgehead atoms. The van der Waals surface area contributed by atoms with Crippen LogP contribution in [0, 0.1) is 12.3 Å². The molecule has 0 fully saturated rings. The third-order valence-corrected chi connectivity index (χ3v) is 2.84. The van der Waals surface area contributed by atoms with E-state index in [2.05, 4.69) is 5.92 Å². The first-order valence-corrected chi connectivity index (χ1v) is 5.73. The standard InChI is InChI=1S/C15H13NO2/c1-3-4-9-15(18)16-10-13(11(2)17)12-7-5-6-8-14(12)16/h1,5-8,10H,4,9H2,2H3. The van der Waals surface area contributed by atoms with Gasteiger partial charge in [0.05, 0.1) is 5.52 Å². The van der Waals surface area contributed by atoms with Gasteiger partial charge in [0.1, 0.15) is 0 Å². The zero-order valence-electron chi connectivity index (χ0n) is 10.1. The number of Topliss-reactive ketones (excluding diaryl/α,β-unsaturated/α-hetero) is 1. The summed E-state index contributed by atoms with van der Waals surface area (Å²) < 4.78 is 1.52. The molecule has 0 saturated heterocycles. The lowest BCUT2D eigenvalue weighted by atomic mass is 10.1. The number of hydrogen-bond acceptors (Lipinski definition) is 2. The number of carbonyl (C=O) groups excluding carboxylic acids is 2. The van der Waals surface area contributed by atoms with Gasteiger partial charge in [-0.15, -0.1) is 12.3 Å². The van der Waals surface area contributed by atoms with E-state index in [-0.39, 0.29) is 18.1 Å². The van der Waals surface area contributed by atoms with Gasteiger partial charge in [0, 0.05) is 30.0 Å². The van der Waals surface area contributed by atoms with E-state index in [0.29, 0.717) is 12.0 Å². The number of hydrogen-bond donors (Lipinski definition) is 0. The van der Waals surface area contributed by atoms with Crippen LogP contribution >= 0.6 is 0 Å². The quantitative estimate of drug-likeness (QED) is 0.610. The van der Waals surface area contributed by atoms with Crippen molar-refractivity contribution in [3.63, 3.8) is 0 Å². The highest BCUT2D eigenvalue weighted by Crippen LogP contribution is 2.22. The SMILES string of the molecule is C#CCCC(=O)n1cc(C(C)=O)c2ccccc21. The molecule has 1 aromatic heterocycles. The Balaban J connectivity index is 2.55. The average Bonchev–Trinajstić information content (AvgIpc) is 2.75. The fraction of sp³-hybridized carbons (Fsp3) is 0.200. The van der Waals surface area contributed by atoms with Gasteiger partial charge in [-0.2, -0.15) is 0 Å². The number of benzene rings is 1. The van der Waals surface area contributed by atoms with Gasteiger partial charge in [0.25, 0.3) is 0 Å². The van der Waals surface area contributed by atoms with E-state index in [1.54, 1.807) is 6.20 Å². The fourth-order valence-electron chi connectivity index (χ4n) is 1.97. The minimum atomic E-state index is -0.0864. The summed E-state index contributed by atoms with van der Waals surface area (Å²) >= 11 is 0. The molecule has 0 aliphatic rings. The number of aromatic nitrogens is 1. The summed E-state index contributed by atoms with van der Waals surface area (Å²) in [6.45, 7) is 1.50. The van der Waals surface area contributed by atoms with Crippen molar-refractivity contribution in [2.75, 3.05) is 0 Å². The van der Waals surface area contributed by atoms with E-state index in [1.165, 1.54) is 11.5 Å². The van der Waals surface area contributed by atoms with Crippen molar-refractivity contribution in [1.82, 2.24) is 4.57 Å². The maximum atomic E-state index is 12.0. The Kier molecular flexibility index (Phi) is 3.29.